The van der Waals surface area contributed by atoms with Gasteiger partial charge in [0.2, 0.25) is 0 Å². The Morgan fingerprint density at radius 2 is 1.02 bits per heavy atom. The van der Waals surface area contributed by atoms with Crippen LogP contribution >= 0.6 is 0 Å². The minimum Gasteiger partial charge on any atom is -0.467 e. The fourth-order valence-corrected chi connectivity index (χ4v) is 11.8. The first kappa shape index (κ1) is 68.6. The molecule has 89 heavy (non-hydrogen) atoms. The lowest BCUT2D eigenvalue weighted by Gasteiger charge is -2.43. The van der Waals surface area contributed by atoms with Crippen molar-refractivity contribution in [3.63, 3.8) is 0 Å². The van der Waals surface area contributed by atoms with Gasteiger partial charge in [-0.05, 0) is 87.8 Å². The zero-order chi connectivity index (χ0) is 64.7. The van der Waals surface area contributed by atoms with Crippen molar-refractivity contribution in [3.8, 4) is 11.1 Å². The van der Waals surface area contributed by atoms with E-state index in [0.717, 1.165) is 126 Å². The highest BCUT2D eigenvalue weighted by molar-refractivity contribution is 5.83. The number of nitrogens with one attached hydrogen (secondary N) is 1. The number of hydrogen-bond donors (Lipinski definition) is 1. The first-order chi connectivity index (χ1) is 42.3. The predicted octanol–water partition coefficient (Wildman–Crippen LogP) is 6.72. The Hall–Kier alpha value is -7.88. The number of carbonyl (C=O) groups is 8. The molecule has 0 radical (unpaired) electrons. The summed E-state index contributed by atoms with van der Waals surface area (Å²) < 4.78 is 69.7. The second kappa shape index (κ2) is 31.0. The van der Waals surface area contributed by atoms with E-state index in [1.807, 2.05) is 0 Å². The van der Waals surface area contributed by atoms with Crippen molar-refractivity contribution in [2.45, 2.75) is 219 Å². The van der Waals surface area contributed by atoms with Crippen molar-refractivity contribution in [2.75, 3.05) is 32.8 Å². The summed E-state index contributed by atoms with van der Waals surface area (Å²) in [5.41, 5.74) is 7.78. The molecule has 27 heteroatoms. The third-order valence-electron chi connectivity index (χ3n) is 15.2. The number of methoxy groups -OCH3 is 2. The Balaban J connectivity index is 0.970. The molecule has 11 atom stereocenters. The van der Waals surface area contributed by atoms with Crippen molar-refractivity contribution in [1.82, 2.24) is 30.0 Å². The molecule has 4 heterocycles. The highest BCUT2D eigenvalue weighted by Gasteiger charge is 2.57. The van der Waals surface area contributed by atoms with Gasteiger partial charge in [-0.15, -0.1) is 10.2 Å². The molecule has 7 rings (SSSR count). The molecule has 3 aliphatic rings. The topological polar surface area (TPSA) is 321 Å². The summed E-state index contributed by atoms with van der Waals surface area (Å²) in [4.78, 5) is 99.9. The fraction of sp³-hybridized carbons (Fsp3) is 0.613. The van der Waals surface area contributed by atoms with Gasteiger partial charge in [0.15, 0.2) is 61.3 Å². The number of unbranched alkanes of at least 4 members (excludes halogenated alkanes) is 6. The number of nitrogens with zero attached hydrogens (tertiary/aromatic N) is 6. The zero-order valence-electron chi connectivity index (χ0n) is 52.6. The van der Waals surface area contributed by atoms with Gasteiger partial charge in [0.25, 0.3) is 0 Å². The number of aryl methyl sites for hydroxylation is 1. The van der Waals surface area contributed by atoms with Crippen LogP contribution in [0.3, 0.4) is 0 Å². The number of benzene rings is 2. The third-order valence-corrected chi connectivity index (χ3v) is 15.2. The summed E-state index contributed by atoms with van der Waals surface area (Å²) in [5.74, 6) is -6.64. The molecule has 0 bridgehead atoms. The Labute approximate surface area is 516 Å². The van der Waals surface area contributed by atoms with Crippen LogP contribution in [0.1, 0.15) is 167 Å². The second-order valence-corrected chi connectivity index (χ2v) is 23.4. The molecule has 4 aromatic rings. The van der Waals surface area contributed by atoms with Gasteiger partial charge >= 0.3 is 47.8 Å². The Bertz CT molecular complexity index is 3140. The molecule has 11 unspecified atom stereocenters. The molecule has 2 saturated heterocycles. The molecule has 1 aliphatic carbocycles. The first-order valence-electron chi connectivity index (χ1n) is 29.8. The van der Waals surface area contributed by atoms with E-state index in [0.29, 0.717) is 24.6 Å². The lowest BCUT2D eigenvalue weighted by molar-refractivity contribution is -0.265. The fourth-order valence-electron chi connectivity index (χ4n) is 11.8. The number of carbonyl (C=O) groups excluding carboxylic acids is 8. The largest absolute Gasteiger partial charge is 0.467 e. The molecular weight excluding hydrogens is 1160 g/mol. The Morgan fingerprint density at radius 3 is 1.54 bits per heavy atom. The molecule has 2 aliphatic heterocycles. The number of anilines is 1. The Kier molecular flexibility index (Phi) is 23.9. The van der Waals surface area contributed by atoms with Crippen LogP contribution in [-0.2, 0) is 114 Å². The number of rotatable bonds is 29. The quantitative estimate of drug-likeness (QED) is 0.0335. The maximum atomic E-state index is 13.1. The summed E-state index contributed by atoms with van der Waals surface area (Å²) in [7, 11) is 2.23. The number of hydrogen-bond acceptors (Lipinski definition) is 25. The van der Waals surface area contributed by atoms with Gasteiger partial charge in [-0.3, -0.25) is 28.8 Å². The number of esters is 8. The van der Waals surface area contributed by atoms with Crippen molar-refractivity contribution in [1.29, 1.82) is 0 Å². The van der Waals surface area contributed by atoms with Crippen molar-refractivity contribution in [3.05, 3.63) is 76.9 Å². The van der Waals surface area contributed by atoms with Crippen LogP contribution in [0.25, 0.3) is 11.1 Å². The number of fused-ring (bicyclic) bond motifs is 3. The van der Waals surface area contributed by atoms with Gasteiger partial charge in [0.1, 0.15) is 5.69 Å². The molecular formula is C62H83N7O20. The van der Waals surface area contributed by atoms with Gasteiger partial charge < -0.3 is 62.2 Å². The van der Waals surface area contributed by atoms with Gasteiger partial charge in [-0.25, -0.2) is 19.0 Å². The molecule has 0 spiro atoms. The minimum absolute atomic E-state index is 0.00614. The van der Waals surface area contributed by atoms with Crippen LogP contribution in [0.2, 0.25) is 0 Å². The summed E-state index contributed by atoms with van der Waals surface area (Å²) in [6.45, 7) is 16.2. The van der Waals surface area contributed by atoms with E-state index in [1.54, 1.807) is 0 Å². The molecule has 2 fully saturated rings. The van der Waals surface area contributed by atoms with Crippen molar-refractivity contribution in [2.24, 2.45) is 0 Å². The van der Waals surface area contributed by atoms with Gasteiger partial charge in [0, 0.05) is 71.4 Å². The zero-order valence-corrected chi connectivity index (χ0v) is 52.6. The molecule has 486 valence electrons. The van der Waals surface area contributed by atoms with E-state index in [1.165, 1.54) is 49.6 Å². The monoisotopic (exact) mass is 1250 g/mol. The van der Waals surface area contributed by atoms with E-state index >= 15 is 0 Å². The molecule has 0 saturated carbocycles. The average Bonchev–Trinajstić information content (AvgIpc) is 1.60. The van der Waals surface area contributed by atoms with E-state index in [4.69, 9.17) is 56.8 Å². The SMILES string of the molecule is COC(=O)C1OC(n2cc(COCCCCCCC3(CCCCCCOCc4cnnn4C4OC(C(=O)OC)C(OC(C)=O)C(OC(C)=O)C4OC(C)=O)c4cc(C)ccc4-c4ccc(NC(C)(C)C)cc43)nn2)C(OC(C)=O)C(OC(C)=O)C1OC(C)=O. The van der Waals surface area contributed by atoms with Crippen LogP contribution in [0, 0.1) is 6.92 Å². The number of aromatic nitrogens is 6. The van der Waals surface area contributed by atoms with Crippen LogP contribution < -0.4 is 5.32 Å². The summed E-state index contributed by atoms with van der Waals surface area (Å²) in [5, 5.41) is 20.3. The smallest absolute Gasteiger partial charge is 0.339 e. The van der Waals surface area contributed by atoms with Gasteiger partial charge in [-0.1, -0.05) is 78.8 Å². The number of ether oxygens (including phenoxy) is 12. The normalized spacial score (nSPS) is 23.6. The third kappa shape index (κ3) is 17.7. The van der Waals surface area contributed by atoms with E-state index in [2.05, 4.69) is 90.0 Å². The lowest BCUT2D eigenvalue weighted by Crippen LogP contribution is -2.61. The molecule has 27 nitrogen and oxygen atoms in total. The summed E-state index contributed by atoms with van der Waals surface area (Å²) in [6, 6.07) is 13.5. The van der Waals surface area contributed by atoms with Crippen molar-refractivity contribution < 1.29 is 95.2 Å². The van der Waals surface area contributed by atoms with E-state index < -0.39 is 109 Å². The van der Waals surface area contributed by atoms with Crippen LogP contribution in [0.15, 0.2) is 48.8 Å². The molecule has 0 amide bonds. The standard InChI is InChI=1S/C62H83N7O20/c1-35-21-23-45-46-24-22-42(64-61(8,9)10)30-48(46)62(47(45)29-35,25-17-13-15-19-27-80-33-43-32-68(67-65-43)57-53(86-40(6)74)49(82-36(2)70)51(84-38(4)72)55(88-57)59(76)78-11)26-18-14-16-20-28-81-34-44-31-63-66-69(44)58-54(87-41(7)75)50(83-37(3)71)52(85-39(5)73)56(89-58)60(77)79-12/h21-24,29-32,49-58,64H,13-20,25-28,33-34H2,1-12H3. The second-order valence-electron chi connectivity index (χ2n) is 23.4. The van der Waals surface area contributed by atoms with Crippen LogP contribution in [0.4, 0.5) is 5.69 Å². The Morgan fingerprint density at radius 1 is 0.562 bits per heavy atom. The summed E-state index contributed by atoms with van der Waals surface area (Å²) >= 11 is 0. The predicted molar refractivity (Wildman–Crippen MR) is 311 cm³/mol. The molecule has 1 N–H and O–H groups in total. The highest BCUT2D eigenvalue weighted by Crippen LogP contribution is 2.55. The highest BCUT2D eigenvalue weighted by atomic mass is 16.7. The molecule has 2 aromatic carbocycles. The van der Waals surface area contributed by atoms with Crippen LogP contribution in [0.5, 0.6) is 0 Å². The lowest BCUT2D eigenvalue weighted by atomic mass is 9.70. The summed E-state index contributed by atoms with van der Waals surface area (Å²) in [6.07, 6.45) is -2.98. The first-order valence-corrected chi connectivity index (χ1v) is 29.8. The maximum Gasteiger partial charge on any atom is 0.339 e. The van der Waals surface area contributed by atoms with Gasteiger partial charge in [-0.2, -0.15) is 0 Å². The minimum atomic E-state index is -1.60. The maximum absolute atomic E-state index is 13.1. The van der Waals surface area contributed by atoms with E-state index in [-0.39, 0.29) is 24.2 Å². The average molecular weight is 1250 g/mol. The van der Waals surface area contributed by atoms with Crippen LogP contribution in [-0.4, -0.2) is 160 Å². The van der Waals surface area contributed by atoms with Crippen molar-refractivity contribution >= 4 is 53.4 Å². The van der Waals surface area contributed by atoms with Gasteiger partial charge in [0.05, 0.1) is 45.5 Å². The van der Waals surface area contributed by atoms with E-state index in [9.17, 15) is 38.4 Å². The molecule has 2 aromatic heterocycles.